The molecule has 0 spiro atoms. The maximum absolute atomic E-state index is 12.6. The predicted molar refractivity (Wildman–Crippen MR) is 108 cm³/mol. The van der Waals surface area contributed by atoms with Crippen molar-refractivity contribution < 1.29 is 8.42 Å². The van der Waals surface area contributed by atoms with E-state index in [1.165, 1.54) is 23.5 Å². The highest BCUT2D eigenvalue weighted by Crippen LogP contribution is 2.29. The number of nitrogens with zero attached hydrogens (tertiary/aromatic N) is 3. The quantitative estimate of drug-likeness (QED) is 0.573. The Balaban J connectivity index is 1.89. The van der Waals surface area contributed by atoms with Gasteiger partial charge in [0.15, 0.2) is 4.34 Å². The maximum atomic E-state index is 12.6. The summed E-state index contributed by atoms with van der Waals surface area (Å²) in [5.74, 6) is 0.907. The van der Waals surface area contributed by atoms with Gasteiger partial charge in [-0.1, -0.05) is 41.4 Å². The lowest BCUT2D eigenvalue weighted by Crippen LogP contribution is -2.15. The fraction of sp³-hybridized carbons (Fsp3) is 0.400. The summed E-state index contributed by atoms with van der Waals surface area (Å²) >= 11 is 3.80. The largest absolute Gasteiger partial charge is 0.308 e. The van der Waals surface area contributed by atoms with Crippen LogP contribution >= 0.6 is 34.4 Å². The summed E-state index contributed by atoms with van der Waals surface area (Å²) in [5.41, 5.74) is 0.739. The van der Waals surface area contributed by atoms with Crippen molar-refractivity contribution in [2.45, 2.75) is 42.5 Å². The third kappa shape index (κ3) is 3.95. The minimum Gasteiger partial charge on any atom is -0.296 e. The fourth-order valence-corrected chi connectivity index (χ4v) is 6.41. The maximum Gasteiger partial charge on any atom is 0.308 e. The summed E-state index contributed by atoms with van der Waals surface area (Å²) in [5, 5.41) is 8.10. The number of rotatable bonds is 7. The normalized spacial score (nSPS) is 12.2. The second-order valence-corrected chi connectivity index (χ2v) is 10.8. The van der Waals surface area contributed by atoms with Crippen LogP contribution in [0.15, 0.2) is 32.2 Å². The number of sulfonamides is 1. The summed E-state index contributed by atoms with van der Waals surface area (Å²) in [7, 11) is -3.79. The first kappa shape index (κ1) is 19.3. The molecule has 1 N–H and O–H groups in total. The molecule has 3 rings (SSSR count). The summed E-state index contributed by atoms with van der Waals surface area (Å²) in [6.45, 7) is 5.90. The minimum absolute atomic E-state index is 0.0114. The summed E-state index contributed by atoms with van der Waals surface area (Å²) < 4.78 is 30.8. The molecule has 0 fully saturated rings. The van der Waals surface area contributed by atoms with Crippen molar-refractivity contribution >= 4 is 59.8 Å². The summed E-state index contributed by atoms with van der Waals surface area (Å²) in [6, 6.07) is 4.71. The number of benzene rings is 1. The van der Waals surface area contributed by atoms with Gasteiger partial charge < -0.3 is 0 Å². The zero-order valence-electron chi connectivity index (χ0n) is 14.4. The van der Waals surface area contributed by atoms with Gasteiger partial charge in [-0.3, -0.25) is 14.1 Å². The molecule has 3 aromatic rings. The van der Waals surface area contributed by atoms with Crippen LogP contribution in [-0.4, -0.2) is 28.9 Å². The van der Waals surface area contributed by atoms with Gasteiger partial charge in [-0.05, 0) is 38.5 Å². The third-order valence-electron chi connectivity index (χ3n) is 3.47. The lowest BCUT2D eigenvalue weighted by molar-refractivity contribution is 0.601. The second kappa shape index (κ2) is 7.67. The molecule has 0 saturated heterocycles. The number of hydrogen-bond donors (Lipinski definition) is 1. The van der Waals surface area contributed by atoms with Crippen LogP contribution in [0, 0.1) is 0 Å². The molecule has 0 saturated carbocycles. The van der Waals surface area contributed by atoms with Crippen molar-refractivity contribution in [3.63, 3.8) is 0 Å². The van der Waals surface area contributed by atoms with Crippen LogP contribution in [0.1, 0.15) is 33.2 Å². The molecule has 0 bridgehead atoms. The molecular formula is C15H18N4O3S4. The number of hydrogen-bond acceptors (Lipinski definition) is 8. The van der Waals surface area contributed by atoms with Crippen LogP contribution in [0.2, 0.25) is 0 Å². The SMILES string of the molecule is CCCSc1nnc(NS(=O)(=O)c2ccc3c(c2)sc(=O)n3C(C)C)s1. The van der Waals surface area contributed by atoms with E-state index in [4.69, 9.17) is 0 Å². The molecule has 0 amide bonds. The van der Waals surface area contributed by atoms with Gasteiger partial charge in [0.05, 0.1) is 15.1 Å². The van der Waals surface area contributed by atoms with E-state index in [-0.39, 0.29) is 20.9 Å². The predicted octanol–water partition coefficient (Wildman–Crippen LogP) is 3.80. The molecule has 2 aromatic heterocycles. The first-order chi connectivity index (χ1) is 12.3. The van der Waals surface area contributed by atoms with Crippen molar-refractivity contribution in [1.29, 1.82) is 0 Å². The molecule has 0 atom stereocenters. The number of aromatic nitrogens is 3. The van der Waals surface area contributed by atoms with Crippen molar-refractivity contribution in [1.82, 2.24) is 14.8 Å². The highest BCUT2D eigenvalue weighted by atomic mass is 32.2. The number of nitrogens with one attached hydrogen (secondary N) is 1. The lowest BCUT2D eigenvalue weighted by Gasteiger charge is -2.08. The van der Waals surface area contributed by atoms with E-state index in [0.29, 0.717) is 4.70 Å². The first-order valence-corrected chi connectivity index (χ1v) is 12.1. The molecule has 0 aliphatic rings. The Kier molecular flexibility index (Phi) is 5.70. The average Bonchev–Trinajstić information content (AvgIpc) is 3.14. The highest BCUT2D eigenvalue weighted by molar-refractivity contribution is 8.01. The molecule has 1 aromatic carbocycles. The van der Waals surface area contributed by atoms with E-state index in [1.54, 1.807) is 22.4 Å². The Morgan fingerprint density at radius 3 is 2.73 bits per heavy atom. The number of thiazole rings is 1. The summed E-state index contributed by atoms with van der Waals surface area (Å²) in [6.07, 6.45) is 1.00. The molecule has 26 heavy (non-hydrogen) atoms. The minimum atomic E-state index is -3.79. The van der Waals surface area contributed by atoms with E-state index in [0.717, 1.165) is 33.4 Å². The van der Waals surface area contributed by atoms with Crippen molar-refractivity contribution in [2.24, 2.45) is 0 Å². The van der Waals surface area contributed by atoms with Gasteiger partial charge >= 0.3 is 4.87 Å². The molecule has 0 aliphatic heterocycles. The first-order valence-electron chi connectivity index (χ1n) is 7.96. The van der Waals surface area contributed by atoms with Gasteiger partial charge in [-0.15, -0.1) is 10.2 Å². The van der Waals surface area contributed by atoms with Gasteiger partial charge in [-0.2, -0.15) is 0 Å². The Labute approximate surface area is 163 Å². The fourth-order valence-electron chi connectivity index (χ4n) is 2.35. The van der Waals surface area contributed by atoms with Gasteiger partial charge in [0, 0.05) is 11.8 Å². The van der Waals surface area contributed by atoms with Crippen molar-refractivity contribution in [3.8, 4) is 0 Å². The number of anilines is 1. The third-order valence-corrected chi connectivity index (χ3v) is 8.03. The topological polar surface area (TPSA) is 94.0 Å². The van der Waals surface area contributed by atoms with E-state index in [9.17, 15) is 13.2 Å². The van der Waals surface area contributed by atoms with Crippen molar-refractivity contribution in [3.05, 3.63) is 27.9 Å². The number of fused-ring (bicyclic) bond motifs is 1. The van der Waals surface area contributed by atoms with Crippen LogP contribution in [0.5, 0.6) is 0 Å². The standard InChI is InChI=1S/C15H18N4O3S4/c1-4-7-23-14-17-16-13(25-14)18-26(21,22)10-5-6-11-12(8-10)24-15(20)19(11)9(2)3/h5-6,8-9H,4,7H2,1-3H3,(H,16,18). The van der Waals surface area contributed by atoms with Crippen LogP contribution in [-0.2, 0) is 10.0 Å². The molecule has 11 heteroatoms. The van der Waals surface area contributed by atoms with Gasteiger partial charge in [0.25, 0.3) is 10.0 Å². The lowest BCUT2D eigenvalue weighted by atomic mass is 10.3. The number of thioether (sulfide) groups is 1. The van der Waals surface area contributed by atoms with Crippen LogP contribution in [0.4, 0.5) is 5.13 Å². The molecule has 0 aliphatic carbocycles. The smallest absolute Gasteiger partial charge is 0.296 e. The molecular weight excluding hydrogens is 412 g/mol. The molecule has 2 heterocycles. The molecule has 0 radical (unpaired) electrons. The zero-order chi connectivity index (χ0) is 18.9. The van der Waals surface area contributed by atoms with E-state index < -0.39 is 10.0 Å². The van der Waals surface area contributed by atoms with Crippen LogP contribution < -0.4 is 9.60 Å². The average molecular weight is 431 g/mol. The highest BCUT2D eigenvalue weighted by Gasteiger charge is 2.19. The monoisotopic (exact) mass is 430 g/mol. The van der Waals surface area contributed by atoms with Gasteiger partial charge in [-0.25, -0.2) is 8.42 Å². The van der Waals surface area contributed by atoms with Crippen molar-refractivity contribution in [2.75, 3.05) is 10.5 Å². The summed E-state index contributed by atoms with van der Waals surface area (Å²) in [4.78, 5) is 12.1. The van der Waals surface area contributed by atoms with Crippen LogP contribution in [0.25, 0.3) is 10.2 Å². The molecule has 0 unspecified atom stereocenters. The Bertz CT molecular complexity index is 1080. The van der Waals surface area contributed by atoms with E-state index >= 15 is 0 Å². The Morgan fingerprint density at radius 1 is 1.27 bits per heavy atom. The Morgan fingerprint density at radius 2 is 2.04 bits per heavy atom. The molecule has 140 valence electrons. The van der Waals surface area contributed by atoms with E-state index in [2.05, 4.69) is 21.8 Å². The van der Waals surface area contributed by atoms with Gasteiger partial charge in [0.1, 0.15) is 0 Å². The molecule has 7 nitrogen and oxygen atoms in total. The second-order valence-electron chi connectivity index (χ2n) is 5.79. The van der Waals surface area contributed by atoms with Gasteiger partial charge in [0.2, 0.25) is 5.13 Å². The Hall–Kier alpha value is -1.43. The van der Waals surface area contributed by atoms with E-state index in [1.807, 2.05) is 13.8 Å². The van der Waals surface area contributed by atoms with Crippen LogP contribution in [0.3, 0.4) is 0 Å². The zero-order valence-corrected chi connectivity index (χ0v) is 17.7.